The summed E-state index contributed by atoms with van der Waals surface area (Å²) in [6.45, 7) is 0.128. The van der Waals surface area contributed by atoms with Gasteiger partial charge in [-0.05, 0) is 37.5 Å². The van der Waals surface area contributed by atoms with Gasteiger partial charge in [0.25, 0.3) is 0 Å². The predicted octanol–water partition coefficient (Wildman–Crippen LogP) is 3.75. The molecule has 1 aliphatic rings. The van der Waals surface area contributed by atoms with Crippen molar-refractivity contribution in [3.63, 3.8) is 0 Å². The average Bonchev–Trinajstić information content (AvgIpc) is 2.19. The summed E-state index contributed by atoms with van der Waals surface area (Å²) < 4.78 is 5.44. The highest BCUT2D eigenvalue weighted by molar-refractivity contribution is 6.42. The number of halogens is 2. The van der Waals surface area contributed by atoms with Crippen molar-refractivity contribution in [2.45, 2.75) is 25.4 Å². The van der Waals surface area contributed by atoms with Crippen LogP contribution in [-0.4, -0.2) is 18.5 Å². The quantitative estimate of drug-likeness (QED) is 0.770. The summed E-state index contributed by atoms with van der Waals surface area (Å²) in [7, 11) is 0. The Kier molecular flexibility index (Phi) is 3.85. The number of benzene rings is 1. The maximum absolute atomic E-state index is 11.7. The van der Waals surface area contributed by atoms with E-state index < -0.39 is 0 Å². The van der Waals surface area contributed by atoms with Gasteiger partial charge in [0, 0.05) is 5.56 Å². The van der Waals surface area contributed by atoms with E-state index in [1.807, 2.05) is 0 Å². The van der Waals surface area contributed by atoms with Crippen molar-refractivity contribution in [2.75, 3.05) is 6.61 Å². The number of ketones is 1. The van der Waals surface area contributed by atoms with Gasteiger partial charge in [0.2, 0.25) is 0 Å². The second kappa shape index (κ2) is 5.17. The van der Waals surface area contributed by atoms with Gasteiger partial charge in [-0.25, -0.2) is 0 Å². The lowest BCUT2D eigenvalue weighted by molar-refractivity contribution is 0.00731. The molecule has 16 heavy (non-hydrogen) atoms. The Morgan fingerprint density at radius 3 is 2.62 bits per heavy atom. The van der Waals surface area contributed by atoms with E-state index in [0.717, 1.165) is 12.8 Å². The molecular formula is C12H12Cl2O2. The van der Waals surface area contributed by atoms with Crippen molar-refractivity contribution in [3.05, 3.63) is 33.8 Å². The van der Waals surface area contributed by atoms with Crippen molar-refractivity contribution in [2.24, 2.45) is 0 Å². The van der Waals surface area contributed by atoms with Gasteiger partial charge in [-0.3, -0.25) is 4.79 Å². The van der Waals surface area contributed by atoms with Gasteiger partial charge in [0.1, 0.15) is 6.61 Å². The highest BCUT2D eigenvalue weighted by Gasteiger charge is 2.19. The van der Waals surface area contributed by atoms with Crippen LogP contribution in [0.5, 0.6) is 0 Å². The third-order valence-corrected chi connectivity index (χ3v) is 3.48. The molecule has 1 saturated carbocycles. The molecule has 0 unspecified atom stereocenters. The first kappa shape index (κ1) is 11.9. The molecule has 1 aliphatic carbocycles. The summed E-state index contributed by atoms with van der Waals surface area (Å²) in [6, 6.07) is 4.87. The van der Waals surface area contributed by atoms with Crippen LogP contribution in [0.1, 0.15) is 29.6 Å². The van der Waals surface area contributed by atoms with Gasteiger partial charge in [0.05, 0.1) is 16.1 Å². The van der Waals surface area contributed by atoms with Gasteiger partial charge < -0.3 is 4.74 Å². The van der Waals surface area contributed by atoms with Gasteiger partial charge in [-0.2, -0.15) is 0 Å². The molecule has 0 bridgehead atoms. The fourth-order valence-electron chi connectivity index (χ4n) is 1.48. The Hall–Kier alpha value is -0.570. The maximum Gasteiger partial charge on any atom is 0.188 e. The van der Waals surface area contributed by atoms with Crippen molar-refractivity contribution in [1.82, 2.24) is 0 Å². The molecule has 0 atom stereocenters. The molecule has 1 aromatic carbocycles. The topological polar surface area (TPSA) is 26.3 Å². The van der Waals surface area contributed by atoms with Crippen LogP contribution in [0, 0.1) is 0 Å². The zero-order chi connectivity index (χ0) is 11.5. The molecule has 1 aromatic rings. The zero-order valence-electron chi connectivity index (χ0n) is 8.71. The first-order valence-electron chi connectivity index (χ1n) is 5.26. The van der Waals surface area contributed by atoms with E-state index in [9.17, 15) is 4.79 Å². The van der Waals surface area contributed by atoms with Gasteiger partial charge in [0.15, 0.2) is 5.78 Å². The van der Waals surface area contributed by atoms with E-state index in [-0.39, 0.29) is 18.5 Å². The largest absolute Gasteiger partial charge is 0.370 e. The Morgan fingerprint density at radius 2 is 2.06 bits per heavy atom. The molecule has 0 aromatic heterocycles. The van der Waals surface area contributed by atoms with Crippen LogP contribution >= 0.6 is 23.2 Å². The lowest BCUT2D eigenvalue weighted by Crippen LogP contribution is -2.24. The molecule has 0 amide bonds. The fourth-order valence-corrected chi connectivity index (χ4v) is 1.78. The number of hydrogen-bond acceptors (Lipinski definition) is 2. The van der Waals surface area contributed by atoms with Crippen LogP contribution in [0.25, 0.3) is 0 Å². The SMILES string of the molecule is O=C(COC1CCC1)c1ccc(Cl)c(Cl)c1. The van der Waals surface area contributed by atoms with Gasteiger partial charge in [-0.15, -0.1) is 0 Å². The third-order valence-electron chi connectivity index (χ3n) is 2.74. The minimum atomic E-state index is -0.0505. The average molecular weight is 259 g/mol. The molecule has 0 heterocycles. The molecule has 0 radical (unpaired) electrons. The normalized spacial score (nSPS) is 15.9. The van der Waals surface area contributed by atoms with Crippen LogP contribution < -0.4 is 0 Å². The third kappa shape index (κ3) is 2.76. The Bertz CT molecular complexity index is 400. The number of ether oxygens (including phenoxy) is 1. The molecule has 2 nitrogen and oxygen atoms in total. The van der Waals surface area contributed by atoms with Crippen molar-refractivity contribution < 1.29 is 9.53 Å². The van der Waals surface area contributed by atoms with E-state index in [1.54, 1.807) is 18.2 Å². The number of rotatable bonds is 4. The van der Waals surface area contributed by atoms with Crippen LogP contribution in [0.3, 0.4) is 0 Å². The summed E-state index contributed by atoms with van der Waals surface area (Å²) in [6.07, 6.45) is 3.60. The minimum absolute atomic E-state index is 0.0505. The summed E-state index contributed by atoms with van der Waals surface area (Å²) in [4.78, 5) is 11.7. The monoisotopic (exact) mass is 258 g/mol. The van der Waals surface area contributed by atoms with Crippen LogP contribution in [0.4, 0.5) is 0 Å². The van der Waals surface area contributed by atoms with Crippen molar-refractivity contribution in [1.29, 1.82) is 0 Å². The second-order valence-corrected chi connectivity index (χ2v) is 4.73. The number of hydrogen-bond donors (Lipinski definition) is 0. The second-order valence-electron chi connectivity index (χ2n) is 3.92. The molecule has 0 spiro atoms. The van der Waals surface area contributed by atoms with E-state index in [2.05, 4.69) is 0 Å². The van der Waals surface area contributed by atoms with Crippen molar-refractivity contribution in [3.8, 4) is 0 Å². The van der Waals surface area contributed by atoms with E-state index in [0.29, 0.717) is 15.6 Å². The molecule has 4 heteroatoms. The van der Waals surface area contributed by atoms with E-state index in [1.165, 1.54) is 6.42 Å². The molecule has 0 aliphatic heterocycles. The Balaban J connectivity index is 1.94. The summed E-state index contributed by atoms with van der Waals surface area (Å²) >= 11 is 11.6. The van der Waals surface area contributed by atoms with Crippen molar-refractivity contribution >= 4 is 29.0 Å². The molecule has 1 fully saturated rings. The molecular weight excluding hydrogens is 247 g/mol. The highest BCUT2D eigenvalue weighted by atomic mass is 35.5. The van der Waals surface area contributed by atoms with E-state index >= 15 is 0 Å². The maximum atomic E-state index is 11.7. The Labute approximate surface area is 104 Å². The zero-order valence-corrected chi connectivity index (χ0v) is 10.2. The van der Waals surface area contributed by atoms with Crippen LogP contribution in [-0.2, 0) is 4.74 Å². The molecule has 86 valence electrons. The van der Waals surface area contributed by atoms with Gasteiger partial charge in [-0.1, -0.05) is 23.2 Å². The van der Waals surface area contributed by atoms with Gasteiger partial charge >= 0.3 is 0 Å². The highest BCUT2D eigenvalue weighted by Crippen LogP contribution is 2.24. The number of Topliss-reactive ketones (excluding diaryl/α,β-unsaturated/α-hetero) is 1. The lowest BCUT2D eigenvalue weighted by atomic mass is 9.96. The summed E-state index contributed by atoms with van der Waals surface area (Å²) in [5.74, 6) is -0.0505. The van der Waals surface area contributed by atoms with Crippen LogP contribution in [0.15, 0.2) is 18.2 Å². The summed E-state index contributed by atoms with van der Waals surface area (Å²) in [5.41, 5.74) is 0.550. The number of carbonyl (C=O) groups is 1. The van der Waals surface area contributed by atoms with E-state index in [4.69, 9.17) is 27.9 Å². The fraction of sp³-hybridized carbons (Fsp3) is 0.417. The number of carbonyl (C=O) groups excluding carboxylic acids is 1. The molecule has 2 rings (SSSR count). The Morgan fingerprint density at radius 1 is 1.31 bits per heavy atom. The standard InChI is InChI=1S/C12H12Cl2O2/c13-10-5-4-8(6-11(10)14)12(15)7-16-9-2-1-3-9/h4-6,9H,1-3,7H2. The first-order chi connectivity index (χ1) is 7.66. The lowest BCUT2D eigenvalue weighted by Gasteiger charge is -2.25. The molecule has 0 N–H and O–H groups in total. The minimum Gasteiger partial charge on any atom is -0.370 e. The first-order valence-corrected chi connectivity index (χ1v) is 6.02. The predicted molar refractivity (Wildman–Crippen MR) is 64.4 cm³/mol. The smallest absolute Gasteiger partial charge is 0.188 e. The summed E-state index contributed by atoms with van der Waals surface area (Å²) in [5, 5.41) is 0.856. The van der Waals surface area contributed by atoms with Crippen LogP contribution in [0.2, 0.25) is 10.0 Å². The molecule has 0 saturated heterocycles.